The number of piperidine rings is 1. The van der Waals surface area contributed by atoms with E-state index < -0.39 is 0 Å². The Kier molecular flexibility index (Phi) is 3.61. The molecule has 0 radical (unpaired) electrons. The largest absolute Gasteiger partial charge is 0.357 e. The number of nitrogens with zero attached hydrogens (tertiary/aromatic N) is 3. The third kappa shape index (κ3) is 2.75. The van der Waals surface area contributed by atoms with Crippen molar-refractivity contribution in [2.24, 2.45) is 5.92 Å². The molecule has 0 spiro atoms. The summed E-state index contributed by atoms with van der Waals surface area (Å²) < 4.78 is 0. The fourth-order valence-corrected chi connectivity index (χ4v) is 2.26. The van der Waals surface area contributed by atoms with Crippen LogP contribution >= 0.6 is 0 Å². The first kappa shape index (κ1) is 11.9. The SMILES string of the molecule is CN(C)C(=O)C1CCN(c2ccccn2)CC1. The Morgan fingerprint density at radius 3 is 2.59 bits per heavy atom. The van der Waals surface area contributed by atoms with Gasteiger partial charge in [0.15, 0.2) is 0 Å². The van der Waals surface area contributed by atoms with Crippen LogP contribution in [0.3, 0.4) is 0 Å². The number of pyridine rings is 1. The van der Waals surface area contributed by atoms with Gasteiger partial charge in [0.1, 0.15) is 5.82 Å². The normalized spacial score (nSPS) is 16.9. The minimum absolute atomic E-state index is 0.185. The zero-order valence-corrected chi connectivity index (χ0v) is 10.5. The standard InChI is InChI=1S/C13H19N3O/c1-15(2)13(17)11-6-9-16(10-7-11)12-5-3-4-8-14-12/h3-5,8,11H,6-7,9-10H2,1-2H3. The van der Waals surface area contributed by atoms with Gasteiger partial charge in [0.2, 0.25) is 5.91 Å². The Hall–Kier alpha value is -1.58. The van der Waals surface area contributed by atoms with Gasteiger partial charge in [-0.25, -0.2) is 4.98 Å². The first-order valence-corrected chi connectivity index (χ1v) is 6.05. The molecule has 0 N–H and O–H groups in total. The summed E-state index contributed by atoms with van der Waals surface area (Å²) in [6, 6.07) is 5.94. The van der Waals surface area contributed by atoms with Crippen LogP contribution in [0.1, 0.15) is 12.8 Å². The van der Waals surface area contributed by atoms with Crippen LogP contribution in [0, 0.1) is 5.92 Å². The fraction of sp³-hybridized carbons (Fsp3) is 0.538. The molecule has 0 saturated carbocycles. The Balaban J connectivity index is 1.93. The van der Waals surface area contributed by atoms with E-state index in [1.54, 1.807) is 4.90 Å². The van der Waals surface area contributed by atoms with Crippen molar-refractivity contribution in [3.05, 3.63) is 24.4 Å². The summed E-state index contributed by atoms with van der Waals surface area (Å²) in [4.78, 5) is 20.1. The molecule has 17 heavy (non-hydrogen) atoms. The summed E-state index contributed by atoms with van der Waals surface area (Å²) in [5.74, 6) is 1.46. The Bertz CT molecular complexity index is 370. The number of carbonyl (C=O) groups is 1. The van der Waals surface area contributed by atoms with E-state index in [0.717, 1.165) is 31.7 Å². The third-order valence-corrected chi connectivity index (χ3v) is 3.26. The molecule has 4 nitrogen and oxygen atoms in total. The Morgan fingerprint density at radius 1 is 1.35 bits per heavy atom. The minimum atomic E-state index is 0.185. The maximum absolute atomic E-state index is 11.8. The second-order valence-electron chi connectivity index (χ2n) is 4.68. The van der Waals surface area contributed by atoms with Crippen molar-refractivity contribution in [2.45, 2.75) is 12.8 Å². The number of amides is 1. The molecule has 92 valence electrons. The van der Waals surface area contributed by atoms with Gasteiger partial charge < -0.3 is 9.80 Å². The molecule has 2 heterocycles. The molecule has 1 aromatic rings. The van der Waals surface area contributed by atoms with E-state index in [9.17, 15) is 4.79 Å². The highest BCUT2D eigenvalue weighted by molar-refractivity contribution is 5.78. The van der Waals surface area contributed by atoms with Gasteiger partial charge in [0.05, 0.1) is 0 Å². The smallest absolute Gasteiger partial charge is 0.225 e. The average Bonchev–Trinajstić information content (AvgIpc) is 2.39. The second kappa shape index (κ2) is 5.17. The molecule has 1 amide bonds. The molecule has 1 aliphatic heterocycles. The molecule has 1 fully saturated rings. The summed E-state index contributed by atoms with van der Waals surface area (Å²) in [6.45, 7) is 1.84. The average molecular weight is 233 g/mol. The van der Waals surface area contributed by atoms with Crippen molar-refractivity contribution < 1.29 is 4.79 Å². The quantitative estimate of drug-likeness (QED) is 0.774. The van der Waals surface area contributed by atoms with Crippen molar-refractivity contribution >= 4 is 11.7 Å². The molecule has 0 atom stereocenters. The lowest BCUT2D eigenvalue weighted by atomic mass is 9.95. The number of hydrogen-bond acceptors (Lipinski definition) is 3. The van der Waals surface area contributed by atoms with Crippen molar-refractivity contribution in [1.82, 2.24) is 9.88 Å². The number of carbonyl (C=O) groups excluding carboxylic acids is 1. The molecule has 1 saturated heterocycles. The molecule has 4 heteroatoms. The zero-order chi connectivity index (χ0) is 12.3. The van der Waals surface area contributed by atoms with Crippen molar-refractivity contribution in [3.63, 3.8) is 0 Å². The van der Waals surface area contributed by atoms with Gasteiger partial charge in [-0.3, -0.25) is 4.79 Å². The first-order valence-electron chi connectivity index (χ1n) is 6.05. The van der Waals surface area contributed by atoms with E-state index in [1.165, 1.54) is 0 Å². The lowest BCUT2D eigenvalue weighted by Gasteiger charge is -2.33. The van der Waals surface area contributed by atoms with Crippen LogP contribution in [0.2, 0.25) is 0 Å². The van der Waals surface area contributed by atoms with Crippen LogP contribution in [-0.4, -0.2) is 43.0 Å². The van der Waals surface area contributed by atoms with Gasteiger partial charge in [-0.2, -0.15) is 0 Å². The predicted molar refractivity (Wildman–Crippen MR) is 67.9 cm³/mol. The van der Waals surface area contributed by atoms with E-state index >= 15 is 0 Å². The summed E-state index contributed by atoms with van der Waals surface area (Å²) in [5.41, 5.74) is 0. The number of anilines is 1. The number of aromatic nitrogens is 1. The van der Waals surface area contributed by atoms with Crippen LogP contribution in [0.5, 0.6) is 0 Å². The molecule has 0 aromatic carbocycles. The van der Waals surface area contributed by atoms with Gasteiger partial charge in [-0.05, 0) is 25.0 Å². The molecule has 0 bridgehead atoms. The molecular weight excluding hydrogens is 214 g/mol. The van der Waals surface area contributed by atoms with Crippen LogP contribution in [0.25, 0.3) is 0 Å². The van der Waals surface area contributed by atoms with Gasteiger partial charge in [0, 0.05) is 39.3 Å². The van der Waals surface area contributed by atoms with Crippen LogP contribution in [0.15, 0.2) is 24.4 Å². The molecule has 0 aliphatic carbocycles. The number of hydrogen-bond donors (Lipinski definition) is 0. The summed E-state index contributed by atoms with van der Waals surface area (Å²) >= 11 is 0. The van der Waals surface area contributed by atoms with Gasteiger partial charge in [0.25, 0.3) is 0 Å². The highest BCUT2D eigenvalue weighted by Gasteiger charge is 2.26. The van der Waals surface area contributed by atoms with E-state index in [-0.39, 0.29) is 11.8 Å². The molecular formula is C13H19N3O. The maximum atomic E-state index is 11.8. The van der Waals surface area contributed by atoms with Gasteiger partial charge in [-0.1, -0.05) is 6.07 Å². The Labute approximate surface area is 102 Å². The topological polar surface area (TPSA) is 36.4 Å². The second-order valence-corrected chi connectivity index (χ2v) is 4.68. The van der Waals surface area contributed by atoms with E-state index in [4.69, 9.17) is 0 Å². The van der Waals surface area contributed by atoms with Crippen molar-refractivity contribution in [3.8, 4) is 0 Å². The van der Waals surface area contributed by atoms with Crippen LogP contribution in [0.4, 0.5) is 5.82 Å². The molecule has 1 aromatic heterocycles. The molecule has 0 unspecified atom stereocenters. The zero-order valence-electron chi connectivity index (χ0n) is 10.5. The van der Waals surface area contributed by atoms with E-state index in [1.807, 2.05) is 38.5 Å². The lowest BCUT2D eigenvalue weighted by molar-refractivity contribution is -0.133. The summed E-state index contributed by atoms with van der Waals surface area (Å²) in [6.07, 6.45) is 3.66. The van der Waals surface area contributed by atoms with Gasteiger partial charge in [-0.15, -0.1) is 0 Å². The summed E-state index contributed by atoms with van der Waals surface area (Å²) in [5, 5.41) is 0. The molecule has 1 aliphatic rings. The predicted octanol–water partition coefficient (Wildman–Crippen LogP) is 1.39. The maximum Gasteiger partial charge on any atom is 0.225 e. The highest BCUT2D eigenvalue weighted by atomic mass is 16.2. The fourth-order valence-electron chi connectivity index (χ4n) is 2.26. The Morgan fingerprint density at radius 2 is 2.06 bits per heavy atom. The van der Waals surface area contributed by atoms with Crippen molar-refractivity contribution in [2.75, 3.05) is 32.1 Å². The van der Waals surface area contributed by atoms with Crippen LogP contribution < -0.4 is 4.90 Å². The minimum Gasteiger partial charge on any atom is -0.357 e. The first-order chi connectivity index (χ1) is 8.18. The van der Waals surface area contributed by atoms with Gasteiger partial charge >= 0.3 is 0 Å². The van der Waals surface area contributed by atoms with Crippen molar-refractivity contribution in [1.29, 1.82) is 0 Å². The monoisotopic (exact) mass is 233 g/mol. The molecule has 2 rings (SSSR count). The highest BCUT2D eigenvalue weighted by Crippen LogP contribution is 2.22. The lowest BCUT2D eigenvalue weighted by Crippen LogP contribution is -2.40. The third-order valence-electron chi connectivity index (χ3n) is 3.26. The van der Waals surface area contributed by atoms with E-state index in [0.29, 0.717) is 0 Å². The summed E-state index contributed by atoms with van der Waals surface area (Å²) in [7, 11) is 3.65. The van der Waals surface area contributed by atoms with E-state index in [2.05, 4.69) is 9.88 Å². The van der Waals surface area contributed by atoms with Crippen LogP contribution in [-0.2, 0) is 4.79 Å². The number of rotatable bonds is 2.